The quantitative estimate of drug-likeness (QED) is 0.745. The number of aryl methyl sites for hydroxylation is 1. The normalized spacial score (nSPS) is 13.6. The van der Waals surface area contributed by atoms with E-state index in [1.54, 1.807) is 24.3 Å². The van der Waals surface area contributed by atoms with Crippen LogP contribution in [0.3, 0.4) is 0 Å². The zero-order valence-electron chi connectivity index (χ0n) is 16.2. The molecule has 0 saturated heterocycles. The van der Waals surface area contributed by atoms with Crippen molar-refractivity contribution in [2.75, 3.05) is 6.26 Å². The van der Waals surface area contributed by atoms with Crippen LogP contribution >= 0.6 is 0 Å². The molecule has 2 rings (SSSR count). The number of sulfone groups is 1. The van der Waals surface area contributed by atoms with Gasteiger partial charge in [-0.3, -0.25) is 4.79 Å². The van der Waals surface area contributed by atoms with Gasteiger partial charge in [0, 0.05) is 6.26 Å². The van der Waals surface area contributed by atoms with Gasteiger partial charge in [0.05, 0.1) is 10.9 Å². The molecule has 2 aromatic rings. The van der Waals surface area contributed by atoms with E-state index in [0.29, 0.717) is 18.6 Å². The first-order valence-corrected chi connectivity index (χ1v) is 11.0. The molecule has 2 aromatic carbocycles. The fourth-order valence-electron chi connectivity index (χ4n) is 2.80. The van der Waals surface area contributed by atoms with E-state index in [1.807, 2.05) is 45.0 Å². The van der Waals surface area contributed by atoms with Gasteiger partial charge in [0.15, 0.2) is 15.9 Å². The number of carbonyl (C=O) groups is 1. The number of nitrogens with one attached hydrogen (secondary N) is 1. The van der Waals surface area contributed by atoms with Crippen molar-refractivity contribution >= 4 is 15.7 Å². The van der Waals surface area contributed by atoms with Gasteiger partial charge in [-0.2, -0.15) is 0 Å². The van der Waals surface area contributed by atoms with Crippen molar-refractivity contribution in [2.24, 2.45) is 0 Å². The van der Waals surface area contributed by atoms with Gasteiger partial charge in [0.1, 0.15) is 5.75 Å². The zero-order valence-corrected chi connectivity index (χ0v) is 17.0. The van der Waals surface area contributed by atoms with Gasteiger partial charge >= 0.3 is 0 Å². The molecular formula is C21H27NO4S. The molecule has 27 heavy (non-hydrogen) atoms. The first kappa shape index (κ1) is 21.0. The van der Waals surface area contributed by atoms with Crippen LogP contribution in [0.1, 0.15) is 43.9 Å². The van der Waals surface area contributed by atoms with Crippen LogP contribution < -0.4 is 10.1 Å². The van der Waals surface area contributed by atoms with Gasteiger partial charge in [-0.25, -0.2) is 8.42 Å². The van der Waals surface area contributed by atoms with Gasteiger partial charge in [0.25, 0.3) is 5.91 Å². The Balaban J connectivity index is 2.11. The third kappa shape index (κ3) is 5.57. The van der Waals surface area contributed by atoms with Gasteiger partial charge in [0.2, 0.25) is 0 Å². The number of para-hydroxylation sites is 1. The first-order chi connectivity index (χ1) is 12.8. The molecule has 1 amide bonds. The Morgan fingerprint density at radius 2 is 1.67 bits per heavy atom. The molecule has 6 heteroatoms. The van der Waals surface area contributed by atoms with E-state index in [-0.39, 0.29) is 16.8 Å². The minimum atomic E-state index is -3.24. The Morgan fingerprint density at radius 1 is 1.04 bits per heavy atom. The molecule has 0 unspecified atom stereocenters. The van der Waals surface area contributed by atoms with Crippen molar-refractivity contribution in [3.05, 3.63) is 59.7 Å². The lowest BCUT2D eigenvalue weighted by atomic mass is 10.0. The molecular weight excluding hydrogens is 362 g/mol. The highest BCUT2D eigenvalue weighted by Gasteiger charge is 2.22. The van der Waals surface area contributed by atoms with Crippen molar-refractivity contribution in [1.29, 1.82) is 0 Å². The number of amides is 1. The van der Waals surface area contributed by atoms with Gasteiger partial charge in [-0.15, -0.1) is 0 Å². The molecule has 2 atom stereocenters. The summed E-state index contributed by atoms with van der Waals surface area (Å²) < 4.78 is 29.1. The Labute approximate surface area is 161 Å². The van der Waals surface area contributed by atoms with Gasteiger partial charge in [-0.1, -0.05) is 44.2 Å². The Kier molecular flexibility index (Phi) is 7.02. The van der Waals surface area contributed by atoms with E-state index in [9.17, 15) is 13.2 Å². The second-order valence-corrected chi connectivity index (χ2v) is 8.61. The van der Waals surface area contributed by atoms with Gasteiger partial charge < -0.3 is 10.1 Å². The summed E-state index contributed by atoms with van der Waals surface area (Å²) >= 11 is 0. The topological polar surface area (TPSA) is 72.5 Å². The summed E-state index contributed by atoms with van der Waals surface area (Å²) in [5.74, 6) is 0.518. The largest absolute Gasteiger partial charge is 0.480 e. The SMILES string of the molecule is CC[C@H](NC(=O)[C@@H](CC)Oc1ccccc1C)c1ccc(S(C)(=O)=O)cc1. The summed E-state index contributed by atoms with van der Waals surface area (Å²) in [4.78, 5) is 13.0. The highest BCUT2D eigenvalue weighted by atomic mass is 32.2. The highest BCUT2D eigenvalue weighted by molar-refractivity contribution is 7.90. The summed E-state index contributed by atoms with van der Waals surface area (Å²) in [6.07, 6.45) is 1.82. The molecule has 0 radical (unpaired) electrons. The lowest BCUT2D eigenvalue weighted by Crippen LogP contribution is -2.40. The Morgan fingerprint density at radius 3 is 2.19 bits per heavy atom. The van der Waals surface area contributed by atoms with Crippen LogP contribution in [0.5, 0.6) is 5.75 Å². The molecule has 0 aliphatic rings. The summed E-state index contributed by atoms with van der Waals surface area (Å²) in [7, 11) is -3.24. The van der Waals surface area contributed by atoms with Crippen LogP contribution in [0.25, 0.3) is 0 Å². The first-order valence-electron chi connectivity index (χ1n) is 9.09. The maximum Gasteiger partial charge on any atom is 0.261 e. The molecule has 0 aliphatic carbocycles. The predicted molar refractivity (Wildman–Crippen MR) is 107 cm³/mol. The van der Waals surface area contributed by atoms with Crippen LogP contribution in [0.4, 0.5) is 0 Å². The monoisotopic (exact) mass is 389 g/mol. The lowest BCUT2D eigenvalue weighted by molar-refractivity contribution is -0.129. The lowest BCUT2D eigenvalue weighted by Gasteiger charge is -2.23. The minimum absolute atomic E-state index is 0.181. The van der Waals surface area contributed by atoms with Crippen molar-refractivity contribution in [3.63, 3.8) is 0 Å². The Bertz CT molecular complexity index is 875. The fourth-order valence-corrected chi connectivity index (χ4v) is 3.43. The van der Waals surface area contributed by atoms with E-state index >= 15 is 0 Å². The van der Waals surface area contributed by atoms with Crippen molar-refractivity contribution in [2.45, 2.75) is 50.7 Å². The summed E-state index contributed by atoms with van der Waals surface area (Å²) in [6.45, 7) is 5.82. The highest BCUT2D eigenvalue weighted by Crippen LogP contribution is 2.22. The number of benzene rings is 2. The predicted octanol–water partition coefficient (Wildman–Crippen LogP) is 3.82. The maximum absolute atomic E-state index is 12.7. The van der Waals surface area contributed by atoms with E-state index in [4.69, 9.17) is 4.74 Å². The van der Waals surface area contributed by atoms with Crippen LogP contribution in [-0.2, 0) is 14.6 Å². The van der Waals surface area contributed by atoms with E-state index in [2.05, 4.69) is 5.32 Å². The fraction of sp³-hybridized carbons (Fsp3) is 0.381. The molecule has 0 spiro atoms. The van der Waals surface area contributed by atoms with E-state index < -0.39 is 15.9 Å². The molecule has 1 N–H and O–H groups in total. The molecule has 0 aliphatic heterocycles. The van der Waals surface area contributed by atoms with Crippen LogP contribution in [0.2, 0.25) is 0 Å². The van der Waals surface area contributed by atoms with E-state index in [1.165, 1.54) is 6.26 Å². The molecule has 0 saturated carbocycles. The summed E-state index contributed by atoms with van der Waals surface area (Å²) in [5, 5.41) is 3.02. The molecule has 0 fully saturated rings. The summed E-state index contributed by atoms with van der Waals surface area (Å²) in [5.41, 5.74) is 1.84. The van der Waals surface area contributed by atoms with E-state index in [0.717, 1.165) is 11.1 Å². The van der Waals surface area contributed by atoms with Gasteiger partial charge in [-0.05, 0) is 49.1 Å². The van der Waals surface area contributed by atoms with Crippen LogP contribution in [0.15, 0.2) is 53.4 Å². The van der Waals surface area contributed by atoms with Crippen LogP contribution in [-0.4, -0.2) is 26.7 Å². The van der Waals surface area contributed by atoms with Crippen LogP contribution in [0, 0.1) is 6.92 Å². The zero-order chi connectivity index (χ0) is 20.0. The third-order valence-corrected chi connectivity index (χ3v) is 5.59. The average Bonchev–Trinajstić information content (AvgIpc) is 2.64. The molecule has 5 nitrogen and oxygen atoms in total. The molecule has 0 bridgehead atoms. The second-order valence-electron chi connectivity index (χ2n) is 6.59. The number of hydrogen-bond donors (Lipinski definition) is 1. The number of ether oxygens (including phenoxy) is 1. The maximum atomic E-state index is 12.7. The smallest absolute Gasteiger partial charge is 0.261 e. The second kappa shape index (κ2) is 9.04. The van der Waals surface area contributed by atoms with Crippen molar-refractivity contribution < 1.29 is 17.9 Å². The van der Waals surface area contributed by atoms with Crippen molar-refractivity contribution in [3.8, 4) is 5.75 Å². The third-order valence-electron chi connectivity index (χ3n) is 4.46. The Hall–Kier alpha value is -2.34. The molecule has 0 aromatic heterocycles. The standard InChI is InChI=1S/C21H27NO4S/c1-5-18(16-11-13-17(14-12-16)27(4,24)25)22-21(23)19(6-2)26-20-10-8-7-9-15(20)3/h7-14,18-19H,5-6H2,1-4H3,(H,22,23)/t18-,19+/m0/s1. The minimum Gasteiger partial charge on any atom is -0.480 e. The number of carbonyl (C=O) groups excluding carboxylic acids is 1. The van der Waals surface area contributed by atoms with Crippen molar-refractivity contribution in [1.82, 2.24) is 5.32 Å². The molecule has 0 heterocycles. The average molecular weight is 390 g/mol. The number of rotatable bonds is 8. The number of hydrogen-bond acceptors (Lipinski definition) is 4. The summed E-state index contributed by atoms with van der Waals surface area (Å²) in [6, 6.07) is 14.0. The molecule has 146 valence electrons.